The van der Waals surface area contributed by atoms with Gasteiger partial charge in [0.15, 0.2) is 0 Å². The molecule has 1 aliphatic heterocycles. The zero-order valence-electron chi connectivity index (χ0n) is 12.0. The topological polar surface area (TPSA) is 74.3 Å². The highest BCUT2D eigenvalue weighted by atomic mass is 32.2. The van der Waals surface area contributed by atoms with Crippen molar-refractivity contribution in [1.82, 2.24) is 14.6 Å². The number of piperidine rings is 1. The molecule has 0 amide bonds. The average Bonchev–Trinajstić information content (AvgIpc) is 2.39. The SMILES string of the molecule is CNCC1CCCCN1S(=O)(=O)Nc1cccc(C)n1. The normalized spacial score (nSPS) is 20.8. The van der Waals surface area contributed by atoms with Gasteiger partial charge < -0.3 is 5.32 Å². The molecule has 1 aromatic heterocycles. The van der Waals surface area contributed by atoms with Crippen LogP contribution in [0.2, 0.25) is 0 Å². The highest BCUT2D eigenvalue weighted by Crippen LogP contribution is 2.21. The molecule has 1 aliphatic rings. The molecule has 0 aliphatic carbocycles. The Morgan fingerprint density at radius 1 is 1.40 bits per heavy atom. The summed E-state index contributed by atoms with van der Waals surface area (Å²) in [5.41, 5.74) is 0.788. The molecule has 1 atom stereocenters. The minimum atomic E-state index is -3.54. The van der Waals surface area contributed by atoms with E-state index >= 15 is 0 Å². The second-order valence-corrected chi connectivity index (χ2v) is 6.71. The zero-order valence-corrected chi connectivity index (χ0v) is 12.8. The maximum absolute atomic E-state index is 12.5. The molecule has 0 radical (unpaired) electrons. The van der Waals surface area contributed by atoms with E-state index in [1.165, 1.54) is 0 Å². The van der Waals surface area contributed by atoms with Crippen LogP contribution in [-0.2, 0) is 10.2 Å². The minimum Gasteiger partial charge on any atom is -0.318 e. The van der Waals surface area contributed by atoms with E-state index in [9.17, 15) is 8.42 Å². The van der Waals surface area contributed by atoms with E-state index in [4.69, 9.17) is 0 Å². The number of pyridine rings is 1. The lowest BCUT2D eigenvalue weighted by molar-refractivity contribution is 0.250. The van der Waals surface area contributed by atoms with Crippen LogP contribution in [-0.4, -0.2) is 43.9 Å². The second-order valence-electron chi connectivity index (χ2n) is 5.09. The average molecular weight is 298 g/mol. The largest absolute Gasteiger partial charge is 0.318 e. The van der Waals surface area contributed by atoms with Gasteiger partial charge in [-0.1, -0.05) is 12.5 Å². The van der Waals surface area contributed by atoms with Crippen molar-refractivity contribution < 1.29 is 8.42 Å². The van der Waals surface area contributed by atoms with Gasteiger partial charge in [0.2, 0.25) is 0 Å². The molecule has 112 valence electrons. The number of nitrogens with one attached hydrogen (secondary N) is 2. The molecule has 2 heterocycles. The highest BCUT2D eigenvalue weighted by Gasteiger charge is 2.32. The molecule has 0 spiro atoms. The summed E-state index contributed by atoms with van der Waals surface area (Å²) in [4.78, 5) is 4.19. The first-order valence-electron chi connectivity index (χ1n) is 6.91. The molecular formula is C13H22N4O2S. The van der Waals surface area contributed by atoms with Gasteiger partial charge >= 0.3 is 10.2 Å². The maximum Gasteiger partial charge on any atom is 0.303 e. The molecule has 2 N–H and O–H groups in total. The molecule has 7 heteroatoms. The Morgan fingerprint density at radius 2 is 2.20 bits per heavy atom. The molecular weight excluding hydrogens is 276 g/mol. The summed E-state index contributed by atoms with van der Waals surface area (Å²) < 4.78 is 29.1. The molecule has 1 aromatic rings. The number of anilines is 1. The lowest BCUT2D eigenvalue weighted by Gasteiger charge is -2.34. The van der Waals surface area contributed by atoms with E-state index in [-0.39, 0.29) is 6.04 Å². The highest BCUT2D eigenvalue weighted by molar-refractivity contribution is 7.90. The third-order valence-corrected chi connectivity index (χ3v) is 5.01. The minimum absolute atomic E-state index is 0.0102. The number of nitrogens with zero attached hydrogens (tertiary/aromatic N) is 2. The van der Waals surface area contributed by atoms with Gasteiger partial charge in [-0.2, -0.15) is 12.7 Å². The summed E-state index contributed by atoms with van der Waals surface area (Å²) in [5.74, 6) is 0.374. The van der Waals surface area contributed by atoms with Crippen LogP contribution in [0.3, 0.4) is 0 Å². The number of aryl methyl sites for hydroxylation is 1. The van der Waals surface area contributed by atoms with Gasteiger partial charge in [-0.15, -0.1) is 0 Å². The molecule has 20 heavy (non-hydrogen) atoms. The fourth-order valence-electron chi connectivity index (χ4n) is 2.52. The third-order valence-electron chi connectivity index (χ3n) is 3.44. The number of rotatable bonds is 5. The first-order valence-corrected chi connectivity index (χ1v) is 8.35. The van der Waals surface area contributed by atoms with Crippen LogP contribution in [0.25, 0.3) is 0 Å². The summed E-state index contributed by atoms with van der Waals surface area (Å²) >= 11 is 0. The van der Waals surface area contributed by atoms with Crippen molar-refractivity contribution in [2.75, 3.05) is 24.9 Å². The van der Waals surface area contributed by atoms with Gasteiger partial charge in [0.25, 0.3) is 0 Å². The fourth-order valence-corrected chi connectivity index (χ4v) is 3.96. The van der Waals surface area contributed by atoms with Gasteiger partial charge in [0.1, 0.15) is 5.82 Å². The van der Waals surface area contributed by atoms with Crippen molar-refractivity contribution in [3.63, 3.8) is 0 Å². The lowest BCUT2D eigenvalue weighted by Crippen LogP contribution is -2.50. The van der Waals surface area contributed by atoms with E-state index in [0.29, 0.717) is 18.9 Å². The first kappa shape index (κ1) is 15.2. The molecule has 2 rings (SSSR count). The maximum atomic E-state index is 12.5. The molecule has 0 aromatic carbocycles. The summed E-state index contributed by atoms with van der Waals surface area (Å²) in [7, 11) is -1.70. The van der Waals surface area contributed by atoms with Crippen LogP contribution in [0.15, 0.2) is 18.2 Å². The van der Waals surface area contributed by atoms with Crippen LogP contribution in [0.4, 0.5) is 5.82 Å². The van der Waals surface area contributed by atoms with Crippen molar-refractivity contribution in [3.8, 4) is 0 Å². The summed E-state index contributed by atoms with van der Waals surface area (Å²) in [6, 6.07) is 5.31. The van der Waals surface area contributed by atoms with Gasteiger partial charge in [-0.3, -0.25) is 4.72 Å². The quantitative estimate of drug-likeness (QED) is 0.854. The van der Waals surface area contributed by atoms with Crippen LogP contribution < -0.4 is 10.0 Å². The molecule has 1 unspecified atom stereocenters. The van der Waals surface area contributed by atoms with Crippen LogP contribution in [0, 0.1) is 6.92 Å². The van der Waals surface area contributed by atoms with Gasteiger partial charge in [0, 0.05) is 24.8 Å². The van der Waals surface area contributed by atoms with E-state index in [1.54, 1.807) is 16.4 Å². The van der Waals surface area contributed by atoms with Crippen LogP contribution >= 0.6 is 0 Å². The molecule has 6 nitrogen and oxygen atoms in total. The Labute approximate surface area is 120 Å². The Hall–Kier alpha value is -1.18. The number of likely N-dealkylation sites (N-methyl/N-ethyl adjacent to an activating group) is 1. The molecule has 1 saturated heterocycles. The summed E-state index contributed by atoms with van der Waals surface area (Å²) in [5, 5.41) is 3.06. The predicted octanol–water partition coefficient (Wildman–Crippen LogP) is 1.12. The Bertz CT molecular complexity index is 545. The Morgan fingerprint density at radius 3 is 2.90 bits per heavy atom. The Kier molecular flexibility index (Phi) is 4.95. The van der Waals surface area contributed by atoms with Gasteiger partial charge in [0.05, 0.1) is 0 Å². The lowest BCUT2D eigenvalue weighted by atomic mass is 10.1. The summed E-state index contributed by atoms with van der Waals surface area (Å²) in [6.45, 7) is 3.07. The van der Waals surface area contributed by atoms with E-state index in [2.05, 4.69) is 15.0 Å². The van der Waals surface area contributed by atoms with E-state index < -0.39 is 10.2 Å². The smallest absolute Gasteiger partial charge is 0.303 e. The first-order chi connectivity index (χ1) is 9.53. The molecule has 1 fully saturated rings. The van der Waals surface area contributed by atoms with Gasteiger partial charge in [-0.25, -0.2) is 4.98 Å². The van der Waals surface area contributed by atoms with Crippen molar-refractivity contribution in [2.45, 2.75) is 32.2 Å². The third kappa shape index (κ3) is 3.68. The number of aromatic nitrogens is 1. The van der Waals surface area contributed by atoms with E-state index in [0.717, 1.165) is 25.0 Å². The van der Waals surface area contributed by atoms with Crippen molar-refractivity contribution in [3.05, 3.63) is 23.9 Å². The molecule has 0 saturated carbocycles. The van der Waals surface area contributed by atoms with Gasteiger partial charge in [-0.05, 0) is 38.9 Å². The van der Waals surface area contributed by atoms with Crippen molar-refractivity contribution in [2.24, 2.45) is 0 Å². The fraction of sp³-hybridized carbons (Fsp3) is 0.615. The number of hydrogen-bond donors (Lipinski definition) is 2. The van der Waals surface area contributed by atoms with E-state index in [1.807, 2.05) is 20.0 Å². The summed E-state index contributed by atoms with van der Waals surface area (Å²) in [6.07, 6.45) is 2.87. The monoisotopic (exact) mass is 298 g/mol. The van der Waals surface area contributed by atoms with Crippen LogP contribution in [0.5, 0.6) is 0 Å². The zero-order chi connectivity index (χ0) is 14.6. The second kappa shape index (κ2) is 6.51. The molecule has 0 bridgehead atoms. The van der Waals surface area contributed by atoms with Crippen molar-refractivity contribution in [1.29, 1.82) is 0 Å². The number of hydrogen-bond acceptors (Lipinski definition) is 4. The van der Waals surface area contributed by atoms with Crippen molar-refractivity contribution >= 4 is 16.0 Å². The standard InChI is InChI=1S/C13H22N4O2S/c1-11-6-5-8-13(15-11)16-20(18,19)17-9-4-3-7-12(17)10-14-2/h5-6,8,12,14H,3-4,7,9-10H2,1-2H3,(H,15,16). The Balaban J connectivity index is 2.15. The van der Waals surface area contributed by atoms with Crippen LogP contribution in [0.1, 0.15) is 25.0 Å². The predicted molar refractivity (Wildman–Crippen MR) is 79.8 cm³/mol.